The van der Waals surface area contributed by atoms with Gasteiger partial charge in [0.2, 0.25) is 0 Å². The molecule has 5 nitrogen and oxygen atoms in total. The number of nitrogens with zero attached hydrogens (tertiary/aromatic N) is 1. The predicted octanol–water partition coefficient (Wildman–Crippen LogP) is 2.54. The van der Waals surface area contributed by atoms with Crippen LogP contribution in [0.15, 0.2) is 4.99 Å². The van der Waals surface area contributed by atoms with Gasteiger partial charge in [0.1, 0.15) is 0 Å². The molecule has 0 amide bonds. The summed E-state index contributed by atoms with van der Waals surface area (Å²) >= 11 is 0. The van der Waals surface area contributed by atoms with Crippen molar-refractivity contribution in [2.24, 2.45) is 22.2 Å². The number of aliphatic imine (C=N–C) groups is 1. The van der Waals surface area contributed by atoms with Crippen molar-refractivity contribution in [2.75, 3.05) is 33.4 Å². The zero-order chi connectivity index (χ0) is 15.7. The lowest BCUT2D eigenvalue weighted by Gasteiger charge is -2.63. The van der Waals surface area contributed by atoms with Gasteiger partial charge in [-0.2, -0.15) is 0 Å². The number of nitrogens with one attached hydrogen (secondary N) is 2. The molecule has 0 bridgehead atoms. The standard InChI is InChI=1S/C18H31N3O2.HI/c1-19-17(20-9-3-10-22-12-13-4-5-13)21-15-14-6-11-23-16(14)18(15)7-2-8-18;/h13-16H,2-12H2,1H3,(H2,19,20,21);1H. The van der Waals surface area contributed by atoms with Gasteiger partial charge in [-0.15, -0.1) is 24.0 Å². The number of guanidine groups is 1. The van der Waals surface area contributed by atoms with Crippen LogP contribution in [-0.2, 0) is 9.47 Å². The number of hydrogen-bond donors (Lipinski definition) is 2. The maximum absolute atomic E-state index is 5.99. The van der Waals surface area contributed by atoms with Gasteiger partial charge in [0, 0.05) is 50.8 Å². The third-order valence-corrected chi connectivity index (χ3v) is 6.36. The van der Waals surface area contributed by atoms with Crippen molar-refractivity contribution < 1.29 is 9.47 Å². The summed E-state index contributed by atoms with van der Waals surface area (Å²) in [6, 6.07) is 0.557. The van der Waals surface area contributed by atoms with E-state index in [0.717, 1.165) is 44.7 Å². The summed E-state index contributed by atoms with van der Waals surface area (Å²) in [6.45, 7) is 3.68. The average molecular weight is 449 g/mol. The largest absolute Gasteiger partial charge is 0.381 e. The first kappa shape index (κ1) is 18.7. The number of fused-ring (bicyclic) bond motifs is 2. The van der Waals surface area contributed by atoms with Crippen LogP contribution in [0.4, 0.5) is 0 Å². The quantitative estimate of drug-likeness (QED) is 0.272. The summed E-state index contributed by atoms with van der Waals surface area (Å²) in [5.41, 5.74) is 0.409. The van der Waals surface area contributed by atoms with E-state index >= 15 is 0 Å². The molecule has 0 aromatic rings. The normalized spacial score (nSPS) is 33.2. The van der Waals surface area contributed by atoms with E-state index in [1.807, 2.05) is 7.05 Å². The van der Waals surface area contributed by atoms with Crippen LogP contribution in [0.1, 0.15) is 44.9 Å². The molecule has 0 aromatic carbocycles. The number of rotatable bonds is 7. The molecule has 0 radical (unpaired) electrons. The molecule has 2 N–H and O–H groups in total. The SMILES string of the molecule is CN=C(NCCCOCC1CC1)NC1C2CCOC2C12CCC2.I. The van der Waals surface area contributed by atoms with Crippen molar-refractivity contribution in [3.63, 3.8) is 0 Å². The first-order valence-electron chi connectivity index (χ1n) is 9.50. The van der Waals surface area contributed by atoms with E-state index in [-0.39, 0.29) is 24.0 Å². The topological polar surface area (TPSA) is 54.9 Å². The molecular weight excluding hydrogens is 417 g/mol. The summed E-state index contributed by atoms with van der Waals surface area (Å²) in [7, 11) is 1.87. The van der Waals surface area contributed by atoms with Crippen LogP contribution in [0.25, 0.3) is 0 Å². The van der Waals surface area contributed by atoms with E-state index in [4.69, 9.17) is 9.47 Å². The van der Waals surface area contributed by atoms with Crippen LogP contribution in [0, 0.1) is 17.3 Å². The molecule has 1 spiro atoms. The van der Waals surface area contributed by atoms with Gasteiger partial charge in [0.05, 0.1) is 6.10 Å². The second-order valence-corrected chi connectivity index (χ2v) is 7.82. The van der Waals surface area contributed by atoms with E-state index in [1.165, 1.54) is 38.5 Å². The van der Waals surface area contributed by atoms with Gasteiger partial charge < -0.3 is 20.1 Å². The van der Waals surface area contributed by atoms with E-state index in [1.54, 1.807) is 0 Å². The summed E-state index contributed by atoms with van der Waals surface area (Å²) in [6.07, 6.45) is 9.48. The van der Waals surface area contributed by atoms with Crippen LogP contribution in [0.5, 0.6) is 0 Å². The molecule has 3 aliphatic carbocycles. The van der Waals surface area contributed by atoms with Gasteiger partial charge in [-0.3, -0.25) is 4.99 Å². The van der Waals surface area contributed by atoms with Gasteiger partial charge in [0.25, 0.3) is 0 Å². The molecule has 1 heterocycles. The molecule has 4 aliphatic rings. The Morgan fingerprint density at radius 1 is 1.29 bits per heavy atom. The van der Waals surface area contributed by atoms with E-state index in [0.29, 0.717) is 23.5 Å². The van der Waals surface area contributed by atoms with Crippen molar-refractivity contribution in [2.45, 2.75) is 57.1 Å². The molecular formula is C18H32IN3O2. The average Bonchev–Trinajstić information content (AvgIpc) is 3.24. The maximum Gasteiger partial charge on any atom is 0.191 e. The van der Waals surface area contributed by atoms with Crippen LogP contribution >= 0.6 is 24.0 Å². The molecule has 3 atom stereocenters. The molecule has 138 valence electrons. The lowest BCUT2D eigenvalue weighted by Crippen LogP contribution is -2.72. The molecule has 3 unspecified atom stereocenters. The van der Waals surface area contributed by atoms with Gasteiger partial charge in [-0.05, 0) is 44.4 Å². The summed E-state index contributed by atoms with van der Waals surface area (Å²) in [4.78, 5) is 4.42. The highest BCUT2D eigenvalue weighted by Crippen LogP contribution is 2.62. The first-order chi connectivity index (χ1) is 11.3. The molecule has 3 saturated carbocycles. The summed E-state index contributed by atoms with van der Waals surface area (Å²) in [5.74, 6) is 2.50. The minimum atomic E-state index is 0. The molecule has 24 heavy (non-hydrogen) atoms. The Morgan fingerprint density at radius 3 is 2.79 bits per heavy atom. The fraction of sp³-hybridized carbons (Fsp3) is 0.944. The Labute approximate surface area is 162 Å². The van der Waals surface area contributed by atoms with Crippen LogP contribution in [0.2, 0.25) is 0 Å². The highest BCUT2D eigenvalue weighted by atomic mass is 127. The summed E-state index contributed by atoms with van der Waals surface area (Å²) in [5, 5.41) is 7.16. The second kappa shape index (κ2) is 8.08. The fourth-order valence-electron chi connectivity index (χ4n) is 4.71. The van der Waals surface area contributed by atoms with Crippen molar-refractivity contribution in [3.05, 3.63) is 0 Å². The van der Waals surface area contributed by atoms with E-state index < -0.39 is 0 Å². The summed E-state index contributed by atoms with van der Waals surface area (Å²) < 4.78 is 11.7. The highest BCUT2D eigenvalue weighted by molar-refractivity contribution is 14.0. The second-order valence-electron chi connectivity index (χ2n) is 7.82. The Kier molecular flexibility index (Phi) is 6.30. The van der Waals surface area contributed by atoms with Crippen LogP contribution in [-0.4, -0.2) is 51.5 Å². The van der Waals surface area contributed by atoms with Crippen molar-refractivity contribution in [3.8, 4) is 0 Å². The van der Waals surface area contributed by atoms with Gasteiger partial charge in [-0.25, -0.2) is 0 Å². The molecule has 0 aromatic heterocycles. The van der Waals surface area contributed by atoms with Crippen molar-refractivity contribution in [1.82, 2.24) is 10.6 Å². The third-order valence-electron chi connectivity index (χ3n) is 6.36. The van der Waals surface area contributed by atoms with Gasteiger partial charge >= 0.3 is 0 Å². The first-order valence-corrected chi connectivity index (χ1v) is 9.50. The monoisotopic (exact) mass is 449 g/mol. The molecule has 4 rings (SSSR count). The Morgan fingerprint density at radius 2 is 2.12 bits per heavy atom. The van der Waals surface area contributed by atoms with Gasteiger partial charge in [0.15, 0.2) is 5.96 Å². The molecule has 1 aliphatic heterocycles. The van der Waals surface area contributed by atoms with Crippen molar-refractivity contribution >= 4 is 29.9 Å². The molecule has 6 heteroatoms. The van der Waals surface area contributed by atoms with Crippen LogP contribution < -0.4 is 10.6 Å². The zero-order valence-corrected chi connectivity index (χ0v) is 17.1. The number of halogens is 1. The van der Waals surface area contributed by atoms with E-state index in [9.17, 15) is 0 Å². The maximum atomic E-state index is 5.99. The number of hydrogen-bond acceptors (Lipinski definition) is 3. The number of ether oxygens (including phenoxy) is 2. The predicted molar refractivity (Wildman–Crippen MR) is 106 cm³/mol. The van der Waals surface area contributed by atoms with Gasteiger partial charge in [-0.1, -0.05) is 6.42 Å². The lowest BCUT2D eigenvalue weighted by atomic mass is 9.46. The minimum Gasteiger partial charge on any atom is -0.381 e. The van der Waals surface area contributed by atoms with Crippen LogP contribution in [0.3, 0.4) is 0 Å². The fourth-order valence-corrected chi connectivity index (χ4v) is 4.71. The Bertz CT molecular complexity index is 452. The minimum absolute atomic E-state index is 0. The molecule has 1 saturated heterocycles. The third kappa shape index (κ3) is 3.56. The zero-order valence-electron chi connectivity index (χ0n) is 14.8. The molecule has 4 fully saturated rings. The Hall–Kier alpha value is -0.0800. The van der Waals surface area contributed by atoms with E-state index in [2.05, 4.69) is 15.6 Å². The highest BCUT2D eigenvalue weighted by Gasteiger charge is 2.66. The van der Waals surface area contributed by atoms with Crippen molar-refractivity contribution in [1.29, 1.82) is 0 Å². The smallest absolute Gasteiger partial charge is 0.191 e. The Balaban J connectivity index is 0.00000169. The lowest BCUT2D eigenvalue weighted by molar-refractivity contribution is -0.171.